The number of urea groups is 1. The Morgan fingerprint density at radius 1 is 1.38 bits per heavy atom. The van der Waals surface area contributed by atoms with E-state index in [9.17, 15) is 9.59 Å². The van der Waals surface area contributed by atoms with Gasteiger partial charge < -0.3 is 24.3 Å². The molecule has 1 aliphatic heterocycles. The molecule has 146 valence electrons. The molecule has 2 rings (SSSR count). The highest BCUT2D eigenvalue weighted by molar-refractivity contribution is 5.74. The number of aryl methyl sites for hydroxylation is 2. The van der Waals surface area contributed by atoms with Gasteiger partial charge in [-0.3, -0.25) is 0 Å². The van der Waals surface area contributed by atoms with Crippen LogP contribution in [0.25, 0.3) is 0 Å². The third kappa shape index (κ3) is 5.37. The van der Waals surface area contributed by atoms with Crippen LogP contribution in [0.3, 0.4) is 0 Å². The van der Waals surface area contributed by atoms with Crippen molar-refractivity contribution in [3.63, 3.8) is 0 Å². The highest BCUT2D eigenvalue weighted by Crippen LogP contribution is 2.18. The zero-order valence-electron chi connectivity index (χ0n) is 16.6. The number of ether oxygens (including phenoxy) is 1. The van der Waals surface area contributed by atoms with Crippen LogP contribution in [0, 0.1) is 13.8 Å². The molecule has 1 atom stereocenters. The van der Waals surface area contributed by atoms with Crippen molar-refractivity contribution >= 4 is 12.1 Å². The molecule has 8 heteroatoms. The van der Waals surface area contributed by atoms with Gasteiger partial charge in [0.25, 0.3) is 0 Å². The predicted octanol–water partition coefficient (Wildman–Crippen LogP) is 2.83. The molecule has 3 amide bonds. The Morgan fingerprint density at radius 3 is 2.65 bits per heavy atom. The summed E-state index contributed by atoms with van der Waals surface area (Å²) in [6.07, 6.45) is 1.32. The molecule has 0 aliphatic carbocycles. The number of likely N-dealkylation sites (N-methyl/N-ethyl adjacent to an activating group) is 1. The van der Waals surface area contributed by atoms with E-state index in [0.29, 0.717) is 19.0 Å². The van der Waals surface area contributed by atoms with E-state index in [1.165, 1.54) is 0 Å². The summed E-state index contributed by atoms with van der Waals surface area (Å²) in [7, 11) is 1.72. The first-order valence-electron chi connectivity index (χ1n) is 8.98. The standard InChI is InChI=1S/C18H30N4O4/c1-12-13(2)25-15(20-12)10-19-16(23)22-9-7-8-14(11-22)21(6)17(24)26-18(3,4)5/h14H,7-11H2,1-6H3,(H,19,23)/t14-/m0/s1. The van der Waals surface area contributed by atoms with Gasteiger partial charge in [-0.15, -0.1) is 0 Å². The van der Waals surface area contributed by atoms with Gasteiger partial charge in [0, 0.05) is 20.1 Å². The summed E-state index contributed by atoms with van der Waals surface area (Å²) >= 11 is 0. The number of hydrogen-bond donors (Lipinski definition) is 1. The zero-order valence-corrected chi connectivity index (χ0v) is 16.6. The van der Waals surface area contributed by atoms with E-state index in [2.05, 4.69) is 10.3 Å². The molecule has 1 aromatic heterocycles. The Balaban J connectivity index is 1.88. The molecule has 1 aromatic rings. The second kappa shape index (κ2) is 7.97. The summed E-state index contributed by atoms with van der Waals surface area (Å²) < 4.78 is 10.9. The van der Waals surface area contributed by atoms with Crippen molar-refractivity contribution in [2.45, 2.75) is 65.6 Å². The SMILES string of the molecule is Cc1nc(CNC(=O)N2CCC[C@H](N(C)C(=O)OC(C)(C)C)C2)oc1C. The van der Waals surface area contributed by atoms with E-state index < -0.39 is 5.60 Å². The first kappa shape index (κ1) is 20.1. The van der Waals surface area contributed by atoms with Gasteiger partial charge in [-0.25, -0.2) is 14.6 Å². The Hall–Kier alpha value is -2.25. The fraction of sp³-hybridized carbons (Fsp3) is 0.722. The van der Waals surface area contributed by atoms with Crippen molar-refractivity contribution in [2.75, 3.05) is 20.1 Å². The molecule has 1 fully saturated rings. The van der Waals surface area contributed by atoms with Gasteiger partial charge in [0.1, 0.15) is 11.4 Å². The Kier molecular flexibility index (Phi) is 6.15. The molecule has 26 heavy (non-hydrogen) atoms. The van der Waals surface area contributed by atoms with Crippen LogP contribution in [0.4, 0.5) is 9.59 Å². The third-order valence-corrected chi connectivity index (χ3v) is 4.38. The molecule has 2 heterocycles. The number of oxazole rings is 1. The van der Waals surface area contributed by atoms with Crippen molar-refractivity contribution in [1.82, 2.24) is 20.1 Å². The monoisotopic (exact) mass is 366 g/mol. The molecular weight excluding hydrogens is 336 g/mol. The van der Waals surface area contributed by atoms with Crippen molar-refractivity contribution in [2.24, 2.45) is 0 Å². The lowest BCUT2D eigenvalue weighted by molar-refractivity contribution is 0.0155. The summed E-state index contributed by atoms with van der Waals surface area (Å²) in [5.74, 6) is 1.25. The maximum atomic E-state index is 12.4. The van der Waals surface area contributed by atoms with Gasteiger partial charge in [0.2, 0.25) is 5.89 Å². The minimum Gasteiger partial charge on any atom is -0.444 e. The number of aromatic nitrogens is 1. The van der Waals surface area contributed by atoms with Crippen LogP contribution in [0.15, 0.2) is 4.42 Å². The number of piperidine rings is 1. The number of nitrogens with one attached hydrogen (secondary N) is 1. The largest absolute Gasteiger partial charge is 0.444 e. The number of likely N-dealkylation sites (tertiary alicyclic amines) is 1. The average Bonchev–Trinajstić information content (AvgIpc) is 2.88. The van der Waals surface area contributed by atoms with E-state index in [4.69, 9.17) is 9.15 Å². The first-order valence-corrected chi connectivity index (χ1v) is 8.98. The molecule has 0 spiro atoms. The van der Waals surface area contributed by atoms with Crippen molar-refractivity contribution in [1.29, 1.82) is 0 Å². The fourth-order valence-corrected chi connectivity index (χ4v) is 2.82. The maximum Gasteiger partial charge on any atom is 0.410 e. The van der Waals surface area contributed by atoms with Crippen LogP contribution in [-0.2, 0) is 11.3 Å². The lowest BCUT2D eigenvalue weighted by Crippen LogP contribution is -2.53. The molecular formula is C18H30N4O4. The van der Waals surface area contributed by atoms with Gasteiger partial charge in [-0.05, 0) is 47.5 Å². The van der Waals surface area contributed by atoms with E-state index in [0.717, 1.165) is 24.3 Å². The minimum absolute atomic E-state index is 0.0597. The number of rotatable bonds is 3. The number of carbonyl (C=O) groups excluding carboxylic acids is 2. The third-order valence-electron chi connectivity index (χ3n) is 4.38. The number of carbonyl (C=O) groups is 2. The lowest BCUT2D eigenvalue weighted by Gasteiger charge is -2.37. The van der Waals surface area contributed by atoms with Crippen molar-refractivity contribution in [3.05, 3.63) is 17.3 Å². The average molecular weight is 366 g/mol. The number of hydrogen-bond acceptors (Lipinski definition) is 5. The molecule has 0 radical (unpaired) electrons. The molecule has 0 bridgehead atoms. The highest BCUT2D eigenvalue weighted by Gasteiger charge is 2.30. The quantitative estimate of drug-likeness (QED) is 0.889. The topological polar surface area (TPSA) is 87.9 Å². The van der Waals surface area contributed by atoms with Crippen LogP contribution >= 0.6 is 0 Å². The first-order chi connectivity index (χ1) is 12.1. The minimum atomic E-state index is -0.538. The van der Waals surface area contributed by atoms with Gasteiger partial charge in [0.05, 0.1) is 18.3 Å². The van der Waals surface area contributed by atoms with Gasteiger partial charge in [-0.2, -0.15) is 0 Å². The van der Waals surface area contributed by atoms with Crippen LogP contribution in [0.1, 0.15) is 51.0 Å². The number of amides is 3. The van der Waals surface area contributed by atoms with E-state index in [1.807, 2.05) is 34.6 Å². The highest BCUT2D eigenvalue weighted by atomic mass is 16.6. The van der Waals surface area contributed by atoms with Crippen LogP contribution in [0.2, 0.25) is 0 Å². The second-order valence-electron chi connectivity index (χ2n) is 7.74. The van der Waals surface area contributed by atoms with Gasteiger partial charge in [0.15, 0.2) is 0 Å². The maximum absolute atomic E-state index is 12.4. The summed E-state index contributed by atoms with van der Waals surface area (Å²) in [6, 6.07) is -0.239. The second-order valence-corrected chi connectivity index (χ2v) is 7.74. The van der Waals surface area contributed by atoms with Crippen LogP contribution in [0.5, 0.6) is 0 Å². The Labute approximate surface area is 154 Å². The normalized spacial score (nSPS) is 17.8. The van der Waals surface area contributed by atoms with Crippen molar-refractivity contribution < 1.29 is 18.7 Å². The summed E-state index contributed by atoms with van der Waals surface area (Å²) in [4.78, 5) is 32.3. The molecule has 0 aromatic carbocycles. The van der Waals surface area contributed by atoms with Gasteiger partial charge >= 0.3 is 12.1 Å². The number of nitrogens with zero attached hydrogens (tertiary/aromatic N) is 3. The molecule has 0 unspecified atom stereocenters. The summed E-state index contributed by atoms with van der Waals surface area (Å²) in [5, 5.41) is 2.83. The molecule has 1 aliphatic rings. The molecule has 0 saturated carbocycles. The summed E-state index contributed by atoms with van der Waals surface area (Å²) in [5.41, 5.74) is 0.287. The Bertz CT molecular complexity index is 631. The van der Waals surface area contributed by atoms with E-state index in [-0.39, 0.29) is 24.7 Å². The zero-order chi connectivity index (χ0) is 19.5. The molecule has 1 saturated heterocycles. The van der Waals surface area contributed by atoms with Crippen molar-refractivity contribution in [3.8, 4) is 0 Å². The molecule has 1 N–H and O–H groups in total. The van der Waals surface area contributed by atoms with Crippen LogP contribution in [-0.4, -0.2) is 58.7 Å². The smallest absolute Gasteiger partial charge is 0.410 e. The van der Waals surface area contributed by atoms with Gasteiger partial charge in [-0.1, -0.05) is 0 Å². The molecule has 8 nitrogen and oxygen atoms in total. The van der Waals surface area contributed by atoms with Crippen LogP contribution < -0.4 is 5.32 Å². The summed E-state index contributed by atoms with van der Waals surface area (Å²) in [6.45, 7) is 10.6. The fourth-order valence-electron chi connectivity index (χ4n) is 2.82. The Morgan fingerprint density at radius 2 is 2.08 bits per heavy atom. The lowest BCUT2D eigenvalue weighted by atomic mass is 10.1. The van der Waals surface area contributed by atoms with E-state index >= 15 is 0 Å². The van der Waals surface area contributed by atoms with E-state index in [1.54, 1.807) is 16.8 Å². The predicted molar refractivity (Wildman–Crippen MR) is 96.8 cm³/mol.